The maximum Gasteiger partial charge on any atom is 0.128 e. The molecule has 1 N–H and O–H groups in total. The highest BCUT2D eigenvalue weighted by atomic mass is 16.5. The third-order valence-corrected chi connectivity index (χ3v) is 3.17. The van der Waals surface area contributed by atoms with Crippen LogP contribution in [0.5, 0.6) is 5.75 Å². The Morgan fingerprint density at radius 2 is 2.00 bits per heavy atom. The van der Waals surface area contributed by atoms with Crippen molar-refractivity contribution in [3.05, 3.63) is 28.8 Å². The molecule has 1 aliphatic rings. The highest BCUT2D eigenvalue weighted by molar-refractivity contribution is 5.47. The van der Waals surface area contributed by atoms with Crippen LogP contribution in [-0.2, 0) is 5.41 Å². The fraction of sp³-hybridized carbons (Fsp3) is 0.571. The molecule has 1 atom stereocenters. The molecule has 0 amide bonds. The van der Waals surface area contributed by atoms with E-state index in [2.05, 4.69) is 32.9 Å². The van der Waals surface area contributed by atoms with E-state index in [0.717, 1.165) is 16.9 Å². The fourth-order valence-corrected chi connectivity index (χ4v) is 2.11. The van der Waals surface area contributed by atoms with Crippen LogP contribution in [0.15, 0.2) is 12.1 Å². The first kappa shape index (κ1) is 11.5. The molecule has 0 saturated heterocycles. The topological polar surface area (TPSA) is 29.5 Å². The Morgan fingerprint density at radius 3 is 2.62 bits per heavy atom. The van der Waals surface area contributed by atoms with E-state index in [-0.39, 0.29) is 11.5 Å². The van der Waals surface area contributed by atoms with Crippen LogP contribution >= 0.6 is 0 Å². The normalized spacial score (nSPS) is 20.2. The SMILES string of the molecule is Cc1cc(C(C)(C)C)cc2c1OCC[C@@H]2O. The molecule has 0 aliphatic carbocycles. The van der Waals surface area contributed by atoms with Crippen molar-refractivity contribution >= 4 is 0 Å². The molecule has 1 heterocycles. The van der Waals surface area contributed by atoms with Crippen molar-refractivity contribution in [3.63, 3.8) is 0 Å². The Kier molecular flexibility index (Phi) is 2.70. The summed E-state index contributed by atoms with van der Waals surface area (Å²) in [6.07, 6.45) is 0.324. The van der Waals surface area contributed by atoms with Crippen LogP contribution < -0.4 is 4.74 Å². The van der Waals surface area contributed by atoms with E-state index in [0.29, 0.717) is 13.0 Å². The Morgan fingerprint density at radius 1 is 1.31 bits per heavy atom. The molecule has 1 aromatic carbocycles. The summed E-state index contributed by atoms with van der Waals surface area (Å²) in [7, 11) is 0. The summed E-state index contributed by atoms with van der Waals surface area (Å²) in [4.78, 5) is 0. The van der Waals surface area contributed by atoms with Crippen LogP contribution in [-0.4, -0.2) is 11.7 Å². The predicted molar refractivity (Wildman–Crippen MR) is 65.0 cm³/mol. The number of ether oxygens (including phenoxy) is 1. The molecule has 0 radical (unpaired) electrons. The zero-order chi connectivity index (χ0) is 11.9. The van der Waals surface area contributed by atoms with Gasteiger partial charge in [-0.25, -0.2) is 0 Å². The second-order valence-corrected chi connectivity index (χ2v) is 5.61. The summed E-state index contributed by atoms with van der Waals surface area (Å²) in [6, 6.07) is 4.25. The average Bonchev–Trinajstić information content (AvgIpc) is 2.18. The fourth-order valence-electron chi connectivity index (χ4n) is 2.11. The first-order chi connectivity index (χ1) is 7.39. The van der Waals surface area contributed by atoms with Gasteiger partial charge in [0.1, 0.15) is 5.75 Å². The molecular weight excluding hydrogens is 200 g/mol. The van der Waals surface area contributed by atoms with Crippen LogP contribution in [0.3, 0.4) is 0 Å². The molecule has 0 bridgehead atoms. The molecule has 0 spiro atoms. The monoisotopic (exact) mass is 220 g/mol. The van der Waals surface area contributed by atoms with Gasteiger partial charge in [0.2, 0.25) is 0 Å². The van der Waals surface area contributed by atoms with Gasteiger partial charge < -0.3 is 9.84 Å². The van der Waals surface area contributed by atoms with Gasteiger partial charge in [-0.05, 0) is 29.5 Å². The Bertz CT molecular complexity index is 402. The third-order valence-electron chi connectivity index (χ3n) is 3.17. The molecule has 88 valence electrons. The van der Waals surface area contributed by atoms with Crippen LogP contribution in [0, 0.1) is 6.92 Å². The minimum atomic E-state index is -0.371. The lowest BCUT2D eigenvalue weighted by Crippen LogP contribution is -2.18. The van der Waals surface area contributed by atoms with E-state index < -0.39 is 0 Å². The van der Waals surface area contributed by atoms with E-state index in [1.54, 1.807) is 0 Å². The van der Waals surface area contributed by atoms with Gasteiger partial charge in [-0.15, -0.1) is 0 Å². The highest BCUT2D eigenvalue weighted by Crippen LogP contribution is 2.38. The summed E-state index contributed by atoms with van der Waals surface area (Å²) < 4.78 is 5.63. The highest BCUT2D eigenvalue weighted by Gasteiger charge is 2.24. The number of aryl methyl sites for hydroxylation is 1. The van der Waals surface area contributed by atoms with Crippen LogP contribution in [0.1, 0.15) is 50.0 Å². The quantitative estimate of drug-likeness (QED) is 0.728. The molecular formula is C14H20O2. The lowest BCUT2D eigenvalue weighted by atomic mass is 9.83. The van der Waals surface area contributed by atoms with E-state index in [4.69, 9.17) is 4.74 Å². The standard InChI is InChI=1S/C14H20O2/c1-9-7-10(14(2,3)4)8-11-12(15)5-6-16-13(9)11/h7-8,12,15H,5-6H2,1-4H3/t12-/m0/s1. The van der Waals surface area contributed by atoms with E-state index >= 15 is 0 Å². The number of aliphatic hydroxyl groups is 1. The maximum absolute atomic E-state index is 10.00. The first-order valence-electron chi connectivity index (χ1n) is 5.85. The number of rotatable bonds is 0. The molecule has 0 fully saturated rings. The van der Waals surface area contributed by atoms with E-state index in [9.17, 15) is 5.11 Å². The van der Waals surface area contributed by atoms with Gasteiger partial charge in [-0.2, -0.15) is 0 Å². The Balaban J connectivity index is 2.55. The van der Waals surface area contributed by atoms with Crippen molar-refractivity contribution in [2.75, 3.05) is 6.61 Å². The first-order valence-corrected chi connectivity index (χ1v) is 5.85. The molecule has 0 unspecified atom stereocenters. The second kappa shape index (κ2) is 3.77. The summed E-state index contributed by atoms with van der Waals surface area (Å²) in [6.45, 7) is 9.22. The van der Waals surface area contributed by atoms with Crippen molar-refractivity contribution < 1.29 is 9.84 Å². The maximum atomic E-state index is 10.00. The van der Waals surface area contributed by atoms with Gasteiger partial charge >= 0.3 is 0 Å². The molecule has 16 heavy (non-hydrogen) atoms. The lowest BCUT2D eigenvalue weighted by molar-refractivity contribution is 0.114. The smallest absolute Gasteiger partial charge is 0.128 e. The van der Waals surface area contributed by atoms with Crippen molar-refractivity contribution in [1.29, 1.82) is 0 Å². The van der Waals surface area contributed by atoms with Gasteiger partial charge in [-0.1, -0.05) is 26.8 Å². The van der Waals surface area contributed by atoms with Gasteiger partial charge in [0, 0.05) is 12.0 Å². The van der Waals surface area contributed by atoms with Crippen LogP contribution in [0.25, 0.3) is 0 Å². The zero-order valence-electron chi connectivity index (χ0n) is 10.5. The zero-order valence-corrected chi connectivity index (χ0v) is 10.5. The molecule has 0 saturated carbocycles. The third kappa shape index (κ3) is 1.94. The molecule has 1 aliphatic heterocycles. The summed E-state index contributed by atoms with van der Waals surface area (Å²) in [5.41, 5.74) is 3.45. The van der Waals surface area contributed by atoms with Gasteiger partial charge in [0.05, 0.1) is 12.7 Å². The van der Waals surface area contributed by atoms with Crippen molar-refractivity contribution in [3.8, 4) is 5.75 Å². The van der Waals surface area contributed by atoms with Crippen molar-refractivity contribution in [1.82, 2.24) is 0 Å². The number of hydrogen-bond donors (Lipinski definition) is 1. The lowest BCUT2D eigenvalue weighted by Gasteiger charge is -2.28. The number of hydrogen-bond acceptors (Lipinski definition) is 2. The molecule has 2 rings (SSSR count). The molecule has 0 aromatic heterocycles. The second-order valence-electron chi connectivity index (χ2n) is 5.61. The Labute approximate surface area is 97.3 Å². The van der Waals surface area contributed by atoms with Crippen LogP contribution in [0.2, 0.25) is 0 Å². The molecule has 1 aromatic rings. The largest absolute Gasteiger partial charge is 0.493 e. The molecule has 2 nitrogen and oxygen atoms in total. The summed E-state index contributed by atoms with van der Waals surface area (Å²) in [5, 5.41) is 10.00. The summed E-state index contributed by atoms with van der Waals surface area (Å²) >= 11 is 0. The number of aliphatic hydroxyl groups excluding tert-OH is 1. The minimum Gasteiger partial charge on any atom is -0.493 e. The van der Waals surface area contributed by atoms with Gasteiger partial charge in [0.15, 0.2) is 0 Å². The predicted octanol–water partition coefficient (Wildman–Crippen LogP) is 3.11. The Hall–Kier alpha value is -1.02. The van der Waals surface area contributed by atoms with Crippen molar-refractivity contribution in [2.45, 2.75) is 45.6 Å². The number of fused-ring (bicyclic) bond motifs is 1. The van der Waals surface area contributed by atoms with Gasteiger partial charge in [-0.3, -0.25) is 0 Å². The summed E-state index contributed by atoms with van der Waals surface area (Å²) in [5.74, 6) is 0.881. The van der Waals surface area contributed by atoms with Crippen molar-refractivity contribution in [2.24, 2.45) is 0 Å². The number of benzene rings is 1. The van der Waals surface area contributed by atoms with Crippen LogP contribution in [0.4, 0.5) is 0 Å². The molecule has 2 heteroatoms. The van der Waals surface area contributed by atoms with Gasteiger partial charge in [0.25, 0.3) is 0 Å². The van der Waals surface area contributed by atoms with E-state index in [1.807, 2.05) is 6.92 Å². The minimum absolute atomic E-state index is 0.108. The van der Waals surface area contributed by atoms with E-state index in [1.165, 1.54) is 5.56 Å². The average molecular weight is 220 g/mol.